The minimum absolute atomic E-state index is 0.156. The van der Waals surface area contributed by atoms with Crippen molar-refractivity contribution in [1.82, 2.24) is 4.98 Å². The Morgan fingerprint density at radius 3 is 3.00 bits per heavy atom. The van der Waals surface area contributed by atoms with Crippen molar-refractivity contribution in [3.8, 4) is 5.75 Å². The van der Waals surface area contributed by atoms with Crippen molar-refractivity contribution < 1.29 is 19.1 Å². The maximum absolute atomic E-state index is 10.5. The van der Waals surface area contributed by atoms with Gasteiger partial charge in [0.1, 0.15) is 12.4 Å². The Bertz CT molecular complexity index is 533. The lowest BCUT2D eigenvalue weighted by Crippen LogP contribution is -1.96. The van der Waals surface area contributed by atoms with Crippen LogP contribution in [0.15, 0.2) is 34.9 Å². The topological polar surface area (TPSA) is 72.6 Å². The Morgan fingerprint density at radius 1 is 1.53 bits per heavy atom. The molecule has 0 bridgehead atoms. The van der Waals surface area contributed by atoms with Gasteiger partial charge in [0, 0.05) is 0 Å². The summed E-state index contributed by atoms with van der Waals surface area (Å²) in [7, 11) is 0. The highest BCUT2D eigenvalue weighted by molar-refractivity contribution is 5.81. The van der Waals surface area contributed by atoms with Gasteiger partial charge in [0.15, 0.2) is 5.76 Å². The Kier molecular flexibility index (Phi) is 3.09. The fourth-order valence-electron chi connectivity index (χ4n) is 1.33. The fraction of sp³-hybridized carbons (Fsp3) is 0.167. The maximum Gasteiger partial charge on any atom is 0.392 e. The van der Waals surface area contributed by atoms with Gasteiger partial charge in [-0.3, -0.25) is 0 Å². The van der Waals surface area contributed by atoms with Gasteiger partial charge in [-0.05, 0) is 24.6 Å². The molecule has 1 N–H and O–H groups in total. The molecule has 0 amide bonds. The van der Waals surface area contributed by atoms with E-state index in [1.54, 1.807) is 0 Å². The van der Waals surface area contributed by atoms with Gasteiger partial charge in [0.25, 0.3) is 0 Å². The molecule has 0 saturated heterocycles. The van der Waals surface area contributed by atoms with E-state index in [2.05, 4.69) is 4.98 Å². The molecule has 0 fully saturated rings. The lowest BCUT2D eigenvalue weighted by Gasteiger charge is -2.03. The molecule has 0 saturated carbocycles. The minimum atomic E-state index is -1.19. The van der Waals surface area contributed by atoms with Gasteiger partial charge in [-0.25, -0.2) is 9.78 Å². The van der Waals surface area contributed by atoms with E-state index in [0.717, 1.165) is 5.56 Å². The summed E-state index contributed by atoms with van der Waals surface area (Å²) in [5, 5.41) is 8.62. The van der Waals surface area contributed by atoms with Crippen LogP contribution in [0.4, 0.5) is 0 Å². The summed E-state index contributed by atoms with van der Waals surface area (Å²) < 4.78 is 10.4. The highest BCUT2D eigenvalue weighted by atomic mass is 16.5. The minimum Gasteiger partial charge on any atom is -0.486 e. The average molecular weight is 233 g/mol. The predicted octanol–water partition coefficient (Wildman–Crippen LogP) is 2.26. The molecule has 2 aromatic rings. The summed E-state index contributed by atoms with van der Waals surface area (Å²) >= 11 is 0. The van der Waals surface area contributed by atoms with Gasteiger partial charge in [-0.15, -0.1) is 0 Å². The summed E-state index contributed by atoms with van der Waals surface area (Å²) in [6, 6.07) is 7.55. The largest absolute Gasteiger partial charge is 0.486 e. The number of oxazole rings is 1. The lowest BCUT2D eigenvalue weighted by molar-refractivity contribution is 0.0649. The van der Waals surface area contributed by atoms with Crippen molar-refractivity contribution in [2.45, 2.75) is 13.5 Å². The first-order chi connectivity index (χ1) is 8.15. The molecule has 88 valence electrons. The molecule has 0 aliphatic rings. The Morgan fingerprint density at radius 2 is 2.35 bits per heavy atom. The molecule has 0 unspecified atom stereocenters. The van der Waals surface area contributed by atoms with E-state index in [-0.39, 0.29) is 12.5 Å². The van der Waals surface area contributed by atoms with Gasteiger partial charge in [0.05, 0.1) is 6.20 Å². The number of hydrogen-bond acceptors (Lipinski definition) is 4. The zero-order valence-corrected chi connectivity index (χ0v) is 9.21. The number of benzene rings is 1. The van der Waals surface area contributed by atoms with Gasteiger partial charge in [-0.2, -0.15) is 0 Å². The molecule has 1 heterocycles. The van der Waals surface area contributed by atoms with Crippen LogP contribution in [0.3, 0.4) is 0 Å². The number of hydrogen-bond donors (Lipinski definition) is 1. The van der Waals surface area contributed by atoms with E-state index in [9.17, 15) is 4.79 Å². The molecule has 0 atom stereocenters. The van der Waals surface area contributed by atoms with Crippen LogP contribution in [0.5, 0.6) is 5.75 Å². The molecule has 0 aliphatic carbocycles. The van der Waals surface area contributed by atoms with E-state index >= 15 is 0 Å². The number of carboxylic acid groups (broad SMARTS) is 1. The molecule has 0 spiro atoms. The van der Waals surface area contributed by atoms with Gasteiger partial charge < -0.3 is 14.3 Å². The van der Waals surface area contributed by atoms with E-state index in [4.69, 9.17) is 14.3 Å². The van der Waals surface area contributed by atoms with Crippen molar-refractivity contribution >= 4 is 5.97 Å². The first-order valence-electron chi connectivity index (χ1n) is 5.02. The quantitative estimate of drug-likeness (QED) is 0.876. The van der Waals surface area contributed by atoms with Crippen molar-refractivity contribution in [3.05, 3.63) is 47.7 Å². The Balaban J connectivity index is 2.00. The van der Waals surface area contributed by atoms with Gasteiger partial charge in [0.2, 0.25) is 0 Å². The van der Waals surface area contributed by atoms with Gasteiger partial charge in [-0.1, -0.05) is 12.1 Å². The summed E-state index contributed by atoms with van der Waals surface area (Å²) in [6.07, 6.45) is 1.35. The molecular formula is C12H11NO4. The fourth-order valence-corrected chi connectivity index (χ4v) is 1.33. The average Bonchev–Trinajstić information content (AvgIpc) is 2.75. The second-order valence-electron chi connectivity index (χ2n) is 3.54. The Hall–Kier alpha value is -2.30. The predicted molar refractivity (Wildman–Crippen MR) is 59.0 cm³/mol. The molecule has 0 aliphatic heterocycles. The first-order valence-corrected chi connectivity index (χ1v) is 5.02. The van der Waals surface area contributed by atoms with Crippen LogP contribution in [-0.4, -0.2) is 16.1 Å². The smallest absolute Gasteiger partial charge is 0.392 e. The number of carbonyl (C=O) groups is 1. The normalized spacial score (nSPS) is 10.2. The number of nitrogens with zero attached hydrogens (tertiary/aromatic N) is 1. The maximum atomic E-state index is 10.5. The third-order valence-corrected chi connectivity index (χ3v) is 2.11. The molecular weight excluding hydrogens is 222 g/mol. The van der Waals surface area contributed by atoms with Crippen LogP contribution < -0.4 is 4.74 Å². The van der Waals surface area contributed by atoms with Crippen LogP contribution in [0.25, 0.3) is 0 Å². The van der Waals surface area contributed by atoms with Gasteiger partial charge >= 0.3 is 11.9 Å². The first kappa shape index (κ1) is 11.2. The highest BCUT2D eigenvalue weighted by Gasteiger charge is 2.11. The van der Waals surface area contributed by atoms with Crippen LogP contribution in [0.2, 0.25) is 0 Å². The molecule has 1 aromatic heterocycles. The second-order valence-corrected chi connectivity index (χ2v) is 3.54. The van der Waals surface area contributed by atoms with Crippen molar-refractivity contribution in [3.63, 3.8) is 0 Å². The molecule has 1 aromatic carbocycles. The zero-order chi connectivity index (χ0) is 12.3. The van der Waals surface area contributed by atoms with E-state index in [0.29, 0.717) is 11.5 Å². The third-order valence-electron chi connectivity index (χ3n) is 2.11. The second kappa shape index (κ2) is 4.69. The third kappa shape index (κ3) is 2.84. The van der Waals surface area contributed by atoms with Crippen LogP contribution in [-0.2, 0) is 6.61 Å². The summed E-state index contributed by atoms with van der Waals surface area (Å²) in [5.74, 6) is -0.429. The number of aromatic carboxylic acids is 1. The van der Waals surface area contributed by atoms with Crippen LogP contribution in [0, 0.1) is 6.92 Å². The SMILES string of the molecule is Cc1cccc(OCc2cnc(C(=O)O)o2)c1. The molecule has 17 heavy (non-hydrogen) atoms. The van der Waals surface area contributed by atoms with Crippen LogP contribution >= 0.6 is 0 Å². The van der Waals surface area contributed by atoms with E-state index < -0.39 is 5.97 Å². The zero-order valence-electron chi connectivity index (χ0n) is 9.21. The molecule has 5 heteroatoms. The molecule has 2 rings (SSSR count). The van der Waals surface area contributed by atoms with Crippen molar-refractivity contribution in [2.75, 3.05) is 0 Å². The molecule has 0 radical (unpaired) electrons. The Labute approximate surface area is 97.7 Å². The van der Waals surface area contributed by atoms with Crippen LogP contribution in [0.1, 0.15) is 22.0 Å². The monoisotopic (exact) mass is 233 g/mol. The summed E-state index contributed by atoms with van der Waals surface area (Å²) in [4.78, 5) is 14.1. The summed E-state index contributed by atoms with van der Waals surface area (Å²) in [5.41, 5.74) is 1.09. The lowest BCUT2D eigenvalue weighted by atomic mass is 10.2. The number of aromatic nitrogens is 1. The van der Waals surface area contributed by atoms with Crippen molar-refractivity contribution in [1.29, 1.82) is 0 Å². The standard InChI is InChI=1S/C12H11NO4/c1-8-3-2-4-9(5-8)16-7-10-6-13-11(17-10)12(14)15/h2-6H,7H2,1H3,(H,14,15). The summed E-state index contributed by atoms with van der Waals surface area (Å²) in [6.45, 7) is 2.12. The highest BCUT2D eigenvalue weighted by Crippen LogP contribution is 2.14. The number of carboxylic acids is 1. The molecule has 5 nitrogen and oxygen atoms in total. The number of aryl methyl sites for hydroxylation is 1. The van der Waals surface area contributed by atoms with Crippen molar-refractivity contribution in [2.24, 2.45) is 0 Å². The van der Waals surface area contributed by atoms with E-state index in [1.807, 2.05) is 31.2 Å². The number of rotatable bonds is 4. The van der Waals surface area contributed by atoms with E-state index in [1.165, 1.54) is 6.20 Å². The number of ether oxygens (including phenoxy) is 1.